The van der Waals surface area contributed by atoms with E-state index < -0.39 is 0 Å². The number of ether oxygens (including phenoxy) is 1. The van der Waals surface area contributed by atoms with Crippen LogP contribution >= 0.6 is 0 Å². The maximum atomic E-state index is 5.58. The lowest BCUT2D eigenvalue weighted by molar-refractivity contribution is 0.150. The molecular formula is C17H24N2O. The molecule has 2 unspecified atom stereocenters. The summed E-state index contributed by atoms with van der Waals surface area (Å²) in [5.41, 5.74) is 2.88. The van der Waals surface area contributed by atoms with Crippen LogP contribution in [0.3, 0.4) is 0 Å². The van der Waals surface area contributed by atoms with Crippen molar-refractivity contribution in [2.75, 3.05) is 39.3 Å². The lowest BCUT2D eigenvalue weighted by atomic mass is 9.88. The van der Waals surface area contributed by atoms with Gasteiger partial charge in [0.15, 0.2) is 0 Å². The first kappa shape index (κ1) is 12.7. The van der Waals surface area contributed by atoms with Gasteiger partial charge in [-0.3, -0.25) is 0 Å². The van der Waals surface area contributed by atoms with Crippen molar-refractivity contribution >= 4 is 0 Å². The Balaban J connectivity index is 1.34. The summed E-state index contributed by atoms with van der Waals surface area (Å²) in [6.07, 6.45) is 3.65. The van der Waals surface area contributed by atoms with Gasteiger partial charge in [-0.05, 0) is 61.5 Å². The molecule has 0 aromatic heterocycles. The van der Waals surface area contributed by atoms with Gasteiger partial charge in [0.2, 0.25) is 0 Å². The second-order valence-corrected chi connectivity index (χ2v) is 6.56. The van der Waals surface area contributed by atoms with E-state index in [4.69, 9.17) is 4.74 Å². The first-order chi connectivity index (χ1) is 9.88. The second-order valence-electron chi connectivity index (χ2n) is 6.56. The van der Waals surface area contributed by atoms with Gasteiger partial charge in [0.1, 0.15) is 5.75 Å². The van der Waals surface area contributed by atoms with Gasteiger partial charge in [-0.2, -0.15) is 0 Å². The van der Waals surface area contributed by atoms with Crippen LogP contribution in [0.25, 0.3) is 0 Å². The molecule has 2 saturated heterocycles. The Hall–Kier alpha value is -1.06. The van der Waals surface area contributed by atoms with Gasteiger partial charge in [-0.15, -0.1) is 0 Å². The molecule has 0 spiro atoms. The van der Waals surface area contributed by atoms with Crippen LogP contribution in [-0.4, -0.2) is 44.2 Å². The Labute approximate surface area is 121 Å². The van der Waals surface area contributed by atoms with Gasteiger partial charge in [-0.25, -0.2) is 0 Å². The SMILES string of the molecule is c1cc2c(cc1CCN1CCC3CNCC3C1)CCO2. The minimum atomic E-state index is 0.862. The third-order valence-corrected chi connectivity index (χ3v) is 5.26. The highest BCUT2D eigenvalue weighted by Gasteiger charge is 2.32. The topological polar surface area (TPSA) is 24.5 Å². The number of nitrogens with zero attached hydrogens (tertiary/aromatic N) is 1. The number of fused-ring (bicyclic) bond motifs is 2. The molecule has 0 bridgehead atoms. The zero-order valence-corrected chi connectivity index (χ0v) is 12.1. The molecule has 1 aromatic rings. The highest BCUT2D eigenvalue weighted by Crippen LogP contribution is 2.28. The predicted molar refractivity (Wildman–Crippen MR) is 80.3 cm³/mol. The van der Waals surface area contributed by atoms with Crippen molar-refractivity contribution in [3.05, 3.63) is 29.3 Å². The summed E-state index contributed by atoms with van der Waals surface area (Å²) in [6, 6.07) is 6.75. The summed E-state index contributed by atoms with van der Waals surface area (Å²) in [6.45, 7) is 7.15. The number of rotatable bonds is 3. The van der Waals surface area contributed by atoms with Crippen LogP contribution < -0.4 is 10.1 Å². The number of hydrogen-bond acceptors (Lipinski definition) is 3. The zero-order chi connectivity index (χ0) is 13.4. The van der Waals surface area contributed by atoms with Crippen molar-refractivity contribution in [2.24, 2.45) is 11.8 Å². The molecule has 20 heavy (non-hydrogen) atoms. The molecule has 0 radical (unpaired) electrons. The number of nitrogens with one attached hydrogen (secondary N) is 1. The maximum Gasteiger partial charge on any atom is 0.122 e. The zero-order valence-electron chi connectivity index (χ0n) is 12.1. The number of benzene rings is 1. The van der Waals surface area contributed by atoms with Gasteiger partial charge in [0.25, 0.3) is 0 Å². The summed E-state index contributed by atoms with van der Waals surface area (Å²) in [7, 11) is 0. The first-order valence-corrected chi connectivity index (χ1v) is 8.06. The molecule has 4 rings (SSSR count). The maximum absolute atomic E-state index is 5.58. The third-order valence-electron chi connectivity index (χ3n) is 5.26. The summed E-state index contributed by atoms with van der Waals surface area (Å²) < 4.78 is 5.58. The van der Waals surface area contributed by atoms with Crippen LogP contribution in [0.2, 0.25) is 0 Å². The molecule has 3 heterocycles. The molecule has 1 N–H and O–H groups in total. The van der Waals surface area contributed by atoms with Crippen molar-refractivity contribution in [1.82, 2.24) is 10.2 Å². The summed E-state index contributed by atoms with van der Waals surface area (Å²) in [5, 5.41) is 3.55. The van der Waals surface area contributed by atoms with Gasteiger partial charge in [0, 0.05) is 19.5 Å². The molecule has 3 heteroatoms. The Bertz CT molecular complexity index is 488. The van der Waals surface area contributed by atoms with Crippen molar-refractivity contribution < 1.29 is 4.74 Å². The van der Waals surface area contributed by atoms with E-state index in [2.05, 4.69) is 28.4 Å². The fourth-order valence-electron chi connectivity index (χ4n) is 4.00. The molecule has 2 fully saturated rings. The molecule has 3 aliphatic heterocycles. The van der Waals surface area contributed by atoms with Crippen molar-refractivity contribution in [1.29, 1.82) is 0 Å². The molecule has 0 aliphatic carbocycles. The van der Waals surface area contributed by atoms with Crippen LogP contribution in [0.5, 0.6) is 5.75 Å². The highest BCUT2D eigenvalue weighted by atomic mass is 16.5. The molecule has 0 amide bonds. The molecule has 3 nitrogen and oxygen atoms in total. The van der Waals surface area contributed by atoms with Crippen LogP contribution in [0.15, 0.2) is 18.2 Å². The fourth-order valence-corrected chi connectivity index (χ4v) is 4.00. The second kappa shape index (κ2) is 5.38. The Kier molecular flexibility index (Phi) is 3.41. The summed E-state index contributed by atoms with van der Waals surface area (Å²) in [5.74, 6) is 2.95. The van der Waals surface area contributed by atoms with E-state index >= 15 is 0 Å². The average molecular weight is 272 g/mol. The number of hydrogen-bond donors (Lipinski definition) is 1. The smallest absolute Gasteiger partial charge is 0.122 e. The van der Waals surface area contributed by atoms with Gasteiger partial charge >= 0.3 is 0 Å². The summed E-state index contributed by atoms with van der Waals surface area (Å²) >= 11 is 0. The minimum Gasteiger partial charge on any atom is -0.493 e. The van der Waals surface area contributed by atoms with E-state index in [1.54, 1.807) is 0 Å². The van der Waals surface area contributed by atoms with Crippen molar-refractivity contribution in [3.8, 4) is 5.75 Å². The van der Waals surface area contributed by atoms with Gasteiger partial charge in [-0.1, -0.05) is 12.1 Å². The van der Waals surface area contributed by atoms with Crippen LogP contribution in [-0.2, 0) is 12.8 Å². The predicted octanol–water partition coefficient (Wildman–Crippen LogP) is 1.71. The molecule has 1 aromatic carbocycles. The highest BCUT2D eigenvalue weighted by molar-refractivity contribution is 5.39. The van der Waals surface area contributed by atoms with E-state index in [-0.39, 0.29) is 0 Å². The van der Waals surface area contributed by atoms with Crippen molar-refractivity contribution in [2.45, 2.75) is 19.3 Å². The van der Waals surface area contributed by atoms with Gasteiger partial charge < -0.3 is 15.0 Å². The largest absolute Gasteiger partial charge is 0.493 e. The van der Waals surface area contributed by atoms with E-state index in [1.807, 2.05) is 0 Å². The number of piperidine rings is 1. The molecule has 0 saturated carbocycles. The Morgan fingerprint density at radius 2 is 2.20 bits per heavy atom. The van der Waals surface area contributed by atoms with Crippen LogP contribution in [0.1, 0.15) is 17.5 Å². The molecule has 3 aliphatic rings. The lowest BCUT2D eigenvalue weighted by Crippen LogP contribution is -2.40. The third kappa shape index (κ3) is 2.45. The standard InChI is InChI=1S/C17H24N2O/c1-2-17-14(5-8-20-17)9-13(1)3-6-19-7-4-15-10-18-11-16(15)12-19/h1-2,9,15-16,18H,3-8,10-12H2. The average Bonchev–Trinajstić information content (AvgIpc) is 3.12. The Morgan fingerprint density at radius 1 is 1.25 bits per heavy atom. The monoisotopic (exact) mass is 272 g/mol. The van der Waals surface area contributed by atoms with E-state index in [9.17, 15) is 0 Å². The normalized spacial score (nSPS) is 29.0. The molecule has 2 atom stereocenters. The van der Waals surface area contributed by atoms with Gasteiger partial charge in [0.05, 0.1) is 6.61 Å². The lowest BCUT2D eigenvalue weighted by Gasteiger charge is -2.34. The first-order valence-electron chi connectivity index (χ1n) is 8.06. The molecular weight excluding hydrogens is 248 g/mol. The Morgan fingerprint density at radius 3 is 3.20 bits per heavy atom. The molecule has 108 valence electrons. The minimum absolute atomic E-state index is 0.862. The van der Waals surface area contributed by atoms with Crippen LogP contribution in [0.4, 0.5) is 0 Å². The quantitative estimate of drug-likeness (QED) is 0.906. The van der Waals surface area contributed by atoms with E-state index in [1.165, 1.54) is 56.7 Å². The van der Waals surface area contributed by atoms with Crippen molar-refractivity contribution in [3.63, 3.8) is 0 Å². The van der Waals surface area contributed by atoms with E-state index in [0.29, 0.717) is 0 Å². The van der Waals surface area contributed by atoms with E-state index in [0.717, 1.165) is 30.6 Å². The number of likely N-dealkylation sites (tertiary alicyclic amines) is 1. The fraction of sp³-hybridized carbons (Fsp3) is 0.647. The summed E-state index contributed by atoms with van der Waals surface area (Å²) in [4.78, 5) is 2.66. The van der Waals surface area contributed by atoms with Crippen LogP contribution in [0, 0.1) is 11.8 Å².